The summed E-state index contributed by atoms with van der Waals surface area (Å²) in [5, 5.41) is 15.8. The molecule has 0 radical (unpaired) electrons. The van der Waals surface area contributed by atoms with E-state index in [9.17, 15) is 24.3 Å². The first kappa shape index (κ1) is 16.3. The topological polar surface area (TPSA) is 151 Å². The van der Waals surface area contributed by atoms with Crippen LogP contribution in [0.1, 0.15) is 12.0 Å². The molecule has 1 heterocycles. The molecule has 6 N–H and O–H groups in total. The molecule has 9 heteroatoms. The van der Waals surface area contributed by atoms with Gasteiger partial charge in [-0.15, -0.1) is 0 Å². The molecule has 23 heavy (non-hydrogen) atoms. The van der Waals surface area contributed by atoms with Crippen molar-refractivity contribution in [1.82, 2.24) is 16.0 Å². The minimum atomic E-state index is -1.22. The largest absolute Gasteiger partial charge is 0.480 e. The smallest absolute Gasteiger partial charge is 0.326 e. The van der Waals surface area contributed by atoms with E-state index in [1.807, 2.05) is 5.32 Å². The third-order valence-corrected chi connectivity index (χ3v) is 3.30. The number of hydrogen-bond acceptors (Lipinski definition) is 5. The van der Waals surface area contributed by atoms with Crippen LogP contribution < -0.4 is 21.7 Å². The summed E-state index contributed by atoms with van der Waals surface area (Å²) in [7, 11) is 0. The van der Waals surface area contributed by atoms with E-state index in [1.54, 1.807) is 24.3 Å². The highest BCUT2D eigenvalue weighted by Crippen LogP contribution is 2.09. The van der Waals surface area contributed by atoms with Crippen LogP contribution in [0.15, 0.2) is 24.3 Å². The number of nitrogens with one attached hydrogen (secondary N) is 3. The van der Waals surface area contributed by atoms with Gasteiger partial charge in [0.15, 0.2) is 0 Å². The van der Waals surface area contributed by atoms with Gasteiger partial charge in [-0.05, 0) is 17.7 Å². The fourth-order valence-corrected chi connectivity index (χ4v) is 2.13. The third kappa shape index (κ3) is 4.43. The van der Waals surface area contributed by atoms with E-state index < -0.39 is 35.9 Å². The van der Waals surface area contributed by atoms with Gasteiger partial charge in [0.25, 0.3) is 0 Å². The van der Waals surface area contributed by atoms with Crippen molar-refractivity contribution in [2.24, 2.45) is 0 Å². The molecule has 1 aliphatic rings. The molecule has 9 nitrogen and oxygen atoms in total. The summed E-state index contributed by atoms with van der Waals surface area (Å²) in [5.74, 6) is -2.54. The minimum Gasteiger partial charge on any atom is -0.480 e. The van der Waals surface area contributed by atoms with Crippen molar-refractivity contribution >= 4 is 29.5 Å². The van der Waals surface area contributed by atoms with Gasteiger partial charge >= 0.3 is 12.0 Å². The predicted molar refractivity (Wildman–Crippen MR) is 79.2 cm³/mol. The van der Waals surface area contributed by atoms with Crippen LogP contribution in [-0.2, 0) is 20.8 Å². The summed E-state index contributed by atoms with van der Waals surface area (Å²) in [6.07, 6.45) is -0.194. The predicted octanol–water partition coefficient (Wildman–Crippen LogP) is -1.02. The maximum Gasteiger partial charge on any atom is 0.326 e. The minimum absolute atomic E-state index is 0.0498. The number of imide groups is 1. The highest BCUT2D eigenvalue weighted by atomic mass is 16.4. The molecule has 0 aromatic heterocycles. The van der Waals surface area contributed by atoms with Crippen molar-refractivity contribution in [3.05, 3.63) is 29.8 Å². The summed E-state index contributed by atoms with van der Waals surface area (Å²) in [5.41, 5.74) is 6.78. The van der Waals surface area contributed by atoms with Crippen LogP contribution in [0, 0.1) is 0 Å². The van der Waals surface area contributed by atoms with Gasteiger partial charge in [-0.25, -0.2) is 9.59 Å². The molecular weight excluding hydrogens is 304 g/mol. The zero-order valence-electron chi connectivity index (χ0n) is 12.0. The van der Waals surface area contributed by atoms with Crippen LogP contribution in [0.4, 0.5) is 10.5 Å². The molecule has 4 amide bonds. The molecule has 2 unspecified atom stereocenters. The Kier molecular flexibility index (Phi) is 4.79. The SMILES string of the molecule is Nc1ccc(CC(NC(=O)C2CC(=O)NC(=O)N2)C(=O)O)cc1. The Morgan fingerprint density at radius 2 is 1.96 bits per heavy atom. The molecule has 0 saturated carbocycles. The number of carboxylic acid groups (broad SMARTS) is 1. The summed E-state index contributed by atoms with van der Waals surface area (Å²) >= 11 is 0. The van der Waals surface area contributed by atoms with E-state index in [2.05, 4.69) is 10.6 Å². The average molecular weight is 320 g/mol. The normalized spacial score (nSPS) is 18.5. The average Bonchev–Trinajstić information content (AvgIpc) is 2.47. The molecule has 0 aliphatic carbocycles. The molecule has 1 aromatic carbocycles. The van der Waals surface area contributed by atoms with Crippen LogP contribution in [0.3, 0.4) is 0 Å². The molecule has 2 atom stereocenters. The Balaban J connectivity index is 2.02. The lowest BCUT2D eigenvalue weighted by molar-refractivity contribution is -0.142. The first-order valence-electron chi connectivity index (χ1n) is 6.83. The second kappa shape index (κ2) is 6.77. The number of benzene rings is 1. The van der Waals surface area contributed by atoms with E-state index in [-0.39, 0.29) is 12.8 Å². The van der Waals surface area contributed by atoms with E-state index in [4.69, 9.17) is 5.73 Å². The Hall–Kier alpha value is -3.10. The zero-order chi connectivity index (χ0) is 17.0. The number of anilines is 1. The van der Waals surface area contributed by atoms with Gasteiger partial charge < -0.3 is 21.5 Å². The second-order valence-electron chi connectivity index (χ2n) is 5.12. The van der Waals surface area contributed by atoms with Crippen LogP contribution in [0.5, 0.6) is 0 Å². The van der Waals surface area contributed by atoms with E-state index in [0.29, 0.717) is 11.3 Å². The van der Waals surface area contributed by atoms with Gasteiger partial charge in [-0.1, -0.05) is 12.1 Å². The van der Waals surface area contributed by atoms with Crippen molar-refractivity contribution < 1.29 is 24.3 Å². The number of carbonyl (C=O) groups excluding carboxylic acids is 3. The number of hydrogen-bond donors (Lipinski definition) is 5. The Morgan fingerprint density at radius 3 is 2.52 bits per heavy atom. The fourth-order valence-electron chi connectivity index (χ4n) is 2.13. The third-order valence-electron chi connectivity index (χ3n) is 3.30. The molecular formula is C14H16N4O5. The van der Waals surface area contributed by atoms with E-state index in [1.165, 1.54) is 0 Å². The number of amides is 4. The second-order valence-corrected chi connectivity index (χ2v) is 5.12. The van der Waals surface area contributed by atoms with E-state index >= 15 is 0 Å². The van der Waals surface area contributed by atoms with Gasteiger partial charge in [-0.3, -0.25) is 14.9 Å². The first-order valence-corrected chi connectivity index (χ1v) is 6.83. The van der Waals surface area contributed by atoms with Crippen molar-refractivity contribution in [3.63, 3.8) is 0 Å². The van der Waals surface area contributed by atoms with Crippen LogP contribution in [0.25, 0.3) is 0 Å². The summed E-state index contributed by atoms with van der Waals surface area (Å²) < 4.78 is 0. The monoisotopic (exact) mass is 320 g/mol. The van der Waals surface area contributed by atoms with Gasteiger partial charge in [0, 0.05) is 12.1 Å². The van der Waals surface area contributed by atoms with E-state index in [0.717, 1.165) is 0 Å². The molecule has 1 aromatic rings. The molecule has 2 rings (SSSR count). The number of aliphatic carboxylic acids is 1. The molecule has 122 valence electrons. The molecule has 1 aliphatic heterocycles. The molecule has 0 spiro atoms. The van der Waals surface area contributed by atoms with Crippen molar-refractivity contribution in [1.29, 1.82) is 0 Å². The van der Waals surface area contributed by atoms with Gasteiger partial charge in [0.05, 0.1) is 6.42 Å². The van der Waals surface area contributed by atoms with Crippen LogP contribution >= 0.6 is 0 Å². The quantitative estimate of drug-likeness (QED) is 0.438. The van der Waals surface area contributed by atoms with Crippen molar-refractivity contribution in [2.45, 2.75) is 24.9 Å². The number of nitrogen functional groups attached to an aromatic ring is 1. The van der Waals surface area contributed by atoms with Gasteiger partial charge in [-0.2, -0.15) is 0 Å². The lowest BCUT2D eigenvalue weighted by Gasteiger charge is -2.24. The number of carboxylic acids is 1. The Labute approximate surface area is 131 Å². The maximum atomic E-state index is 12.1. The number of carbonyl (C=O) groups is 4. The zero-order valence-corrected chi connectivity index (χ0v) is 12.0. The summed E-state index contributed by atoms with van der Waals surface area (Å²) in [6.45, 7) is 0. The maximum absolute atomic E-state index is 12.1. The van der Waals surface area contributed by atoms with Crippen molar-refractivity contribution in [2.75, 3.05) is 5.73 Å². The highest BCUT2D eigenvalue weighted by molar-refractivity contribution is 6.02. The Bertz CT molecular complexity index is 627. The van der Waals surface area contributed by atoms with Gasteiger partial charge in [0.1, 0.15) is 12.1 Å². The first-order chi connectivity index (χ1) is 10.8. The van der Waals surface area contributed by atoms with Crippen molar-refractivity contribution in [3.8, 4) is 0 Å². The fraction of sp³-hybridized carbons (Fsp3) is 0.286. The van der Waals surface area contributed by atoms with Crippen LogP contribution in [0.2, 0.25) is 0 Å². The highest BCUT2D eigenvalue weighted by Gasteiger charge is 2.31. The molecule has 0 bridgehead atoms. The number of rotatable bonds is 5. The van der Waals surface area contributed by atoms with Gasteiger partial charge in [0.2, 0.25) is 11.8 Å². The Morgan fingerprint density at radius 1 is 1.30 bits per heavy atom. The van der Waals surface area contributed by atoms with Crippen LogP contribution in [-0.4, -0.2) is 41.0 Å². The number of nitrogens with two attached hydrogens (primary N) is 1. The standard InChI is InChI=1S/C14H16N4O5/c15-8-3-1-7(2-4-8)5-10(13(21)22)16-12(20)9-6-11(19)18-14(23)17-9/h1-4,9-10H,5-6,15H2,(H,16,20)(H,21,22)(H2,17,18,19,23). The number of urea groups is 1. The summed E-state index contributed by atoms with van der Waals surface area (Å²) in [6, 6.07) is 3.51. The molecule has 1 saturated heterocycles. The lowest BCUT2D eigenvalue weighted by Crippen LogP contribution is -2.59. The summed E-state index contributed by atoms with van der Waals surface area (Å²) in [4.78, 5) is 45.8. The lowest BCUT2D eigenvalue weighted by atomic mass is 10.0. The molecule has 1 fully saturated rings.